The fraction of sp³-hybridized carbons (Fsp3) is 0.667. The zero-order valence-corrected chi connectivity index (χ0v) is 43.7. The van der Waals surface area contributed by atoms with Crippen LogP contribution in [-0.4, -0.2) is 59.4 Å². The summed E-state index contributed by atoms with van der Waals surface area (Å²) in [6, 6.07) is 31.1. The molecule has 0 aliphatic rings. The molecule has 0 radical (unpaired) electrons. The molecule has 3 aromatic rings. The van der Waals surface area contributed by atoms with Crippen LogP contribution in [0.25, 0.3) is 0 Å². The molecule has 0 spiro atoms. The van der Waals surface area contributed by atoms with Gasteiger partial charge >= 0.3 is 0 Å². The van der Waals surface area contributed by atoms with Gasteiger partial charge in [-0.25, -0.2) is 0 Å². The minimum absolute atomic E-state index is 0. The second-order valence-electron chi connectivity index (χ2n) is 16.0. The lowest BCUT2D eigenvalue weighted by Crippen LogP contribution is -1.95. The minimum atomic E-state index is 0. The summed E-state index contributed by atoms with van der Waals surface area (Å²) < 4.78 is 18.2. The predicted octanol–water partition coefficient (Wildman–Crippen LogP) is 15.4. The van der Waals surface area contributed by atoms with E-state index in [2.05, 4.69) is 90.2 Å². The van der Waals surface area contributed by atoms with Gasteiger partial charge in [0.15, 0.2) is 0 Å². The molecule has 6 nitrogen and oxygen atoms in total. The van der Waals surface area contributed by atoms with E-state index in [9.17, 15) is 0 Å². The molecule has 0 saturated carbocycles. The third kappa shape index (κ3) is 49.9. The highest BCUT2D eigenvalue weighted by Gasteiger charge is 1.96. The molecule has 3 rings (SSSR count). The monoisotopic (exact) mass is 1090 g/mol. The SMILES string of the molecule is CCCCCCCCCOCc1ccccc1.I.ICCCCCCCCOCc1ccccc1.OCCCCCCCCO.OCCCCCCCCOCc1ccccc1. The summed E-state index contributed by atoms with van der Waals surface area (Å²) in [5.74, 6) is 0. The first-order valence-corrected chi connectivity index (χ1v) is 26.0. The molecule has 358 valence electrons. The summed E-state index contributed by atoms with van der Waals surface area (Å²) in [5, 5.41) is 25.5. The molecule has 0 saturated heterocycles. The third-order valence-corrected chi connectivity index (χ3v) is 10.9. The number of ether oxygens (including phenoxy) is 3. The van der Waals surface area contributed by atoms with Crippen molar-refractivity contribution >= 4 is 46.6 Å². The first-order chi connectivity index (χ1) is 30.2. The summed E-state index contributed by atoms with van der Waals surface area (Å²) in [6.45, 7) is 8.15. The average Bonchev–Trinajstić information content (AvgIpc) is 3.30. The fourth-order valence-corrected chi connectivity index (χ4v) is 6.95. The Hall–Kier alpha value is -1.12. The van der Waals surface area contributed by atoms with E-state index in [4.69, 9.17) is 29.5 Å². The van der Waals surface area contributed by atoms with Crippen LogP contribution in [0.15, 0.2) is 91.0 Å². The number of rotatable bonds is 37. The molecule has 3 N–H and O–H groups in total. The number of alkyl halides is 1. The smallest absolute Gasteiger partial charge is 0.0716 e. The van der Waals surface area contributed by atoms with Crippen molar-refractivity contribution in [3.8, 4) is 0 Å². The molecule has 0 aromatic heterocycles. The maximum absolute atomic E-state index is 8.63. The van der Waals surface area contributed by atoms with Gasteiger partial charge < -0.3 is 29.5 Å². The molecule has 0 fully saturated rings. The lowest BCUT2D eigenvalue weighted by Gasteiger charge is -2.04. The van der Waals surface area contributed by atoms with E-state index in [0.717, 1.165) is 84.6 Å². The van der Waals surface area contributed by atoms with Crippen molar-refractivity contribution in [2.45, 2.75) is 187 Å². The van der Waals surface area contributed by atoms with Crippen LogP contribution in [0.4, 0.5) is 0 Å². The number of unbranched alkanes of at least 4 members (excludes halogenated alkanes) is 21. The number of halogens is 2. The van der Waals surface area contributed by atoms with E-state index in [1.807, 2.05) is 30.3 Å². The van der Waals surface area contributed by atoms with E-state index >= 15 is 0 Å². The second kappa shape index (κ2) is 56.0. The molecule has 0 aliphatic carbocycles. The molecule has 8 heteroatoms. The minimum Gasteiger partial charge on any atom is -0.396 e. The summed E-state index contributed by atoms with van der Waals surface area (Å²) in [5.41, 5.74) is 3.79. The van der Waals surface area contributed by atoms with E-state index in [1.54, 1.807) is 0 Å². The highest BCUT2D eigenvalue weighted by atomic mass is 127. The van der Waals surface area contributed by atoms with Crippen molar-refractivity contribution in [1.82, 2.24) is 0 Å². The molecule has 0 unspecified atom stereocenters. The summed E-state index contributed by atoms with van der Waals surface area (Å²) in [6.07, 6.45) is 31.0. The highest BCUT2D eigenvalue weighted by Crippen LogP contribution is 2.10. The molecule has 0 heterocycles. The lowest BCUT2D eigenvalue weighted by molar-refractivity contribution is 0.116. The molecule has 62 heavy (non-hydrogen) atoms. The molecule has 0 amide bonds. The van der Waals surface area contributed by atoms with Gasteiger partial charge in [-0.1, -0.05) is 236 Å². The topological polar surface area (TPSA) is 88.4 Å². The Morgan fingerprint density at radius 1 is 0.339 bits per heavy atom. The van der Waals surface area contributed by atoms with Crippen molar-refractivity contribution in [2.75, 3.05) is 44.1 Å². The van der Waals surface area contributed by atoms with Crippen molar-refractivity contribution in [1.29, 1.82) is 0 Å². The van der Waals surface area contributed by atoms with Crippen LogP contribution in [0.5, 0.6) is 0 Å². The predicted molar refractivity (Wildman–Crippen MR) is 285 cm³/mol. The van der Waals surface area contributed by atoms with Crippen LogP contribution < -0.4 is 0 Å². The zero-order valence-electron chi connectivity index (χ0n) is 39.3. The second-order valence-corrected chi connectivity index (χ2v) is 17.0. The number of benzene rings is 3. The molecule has 0 atom stereocenters. The fourth-order valence-electron chi connectivity index (χ4n) is 6.41. The van der Waals surface area contributed by atoms with Gasteiger partial charge in [-0.3, -0.25) is 0 Å². The van der Waals surface area contributed by atoms with Crippen molar-refractivity contribution in [2.24, 2.45) is 0 Å². The Labute approximate surface area is 412 Å². The maximum Gasteiger partial charge on any atom is 0.0716 e. The van der Waals surface area contributed by atoms with Gasteiger partial charge in [0.25, 0.3) is 0 Å². The van der Waals surface area contributed by atoms with Gasteiger partial charge in [-0.2, -0.15) is 0 Å². The first-order valence-electron chi connectivity index (χ1n) is 24.4. The molecule has 3 aromatic carbocycles. The van der Waals surface area contributed by atoms with Crippen LogP contribution >= 0.6 is 46.6 Å². The standard InChI is InChI=1S/C16H26O.C15H23IO.C15H24O2.C8H18O2.HI/c1-2-3-4-5-6-7-11-14-17-15-16-12-9-8-10-13-16;2*16-12-8-3-1-2-4-9-13-17-14-15-10-6-5-7-11-15;9-7-5-3-1-2-4-6-8-10;/h8-10,12-13H,2-7,11,14-15H2,1H3;5-7,10-11H,1-4,8-9,12-14H2;5-7,10-11,16H,1-4,8-9,12-14H2;9-10H,1-8H2;1H. The van der Waals surface area contributed by atoms with Crippen molar-refractivity contribution in [3.05, 3.63) is 108 Å². The number of hydrogen-bond acceptors (Lipinski definition) is 6. The highest BCUT2D eigenvalue weighted by molar-refractivity contribution is 14.1. The van der Waals surface area contributed by atoms with Crippen LogP contribution in [0.1, 0.15) is 184 Å². The molecule has 0 aliphatic heterocycles. The van der Waals surface area contributed by atoms with Crippen LogP contribution in [0.2, 0.25) is 0 Å². The largest absolute Gasteiger partial charge is 0.396 e. The quantitative estimate of drug-likeness (QED) is 0.0303. The van der Waals surface area contributed by atoms with E-state index in [0.29, 0.717) is 19.8 Å². The van der Waals surface area contributed by atoms with Gasteiger partial charge in [0, 0.05) is 39.6 Å². The third-order valence-electron chi connectivity index (χ3n) is 10.2. The number of aliphatic hydroxyl groups excluding tert-OH is 3. The van der Waals surface area contributed by atoms with Gasteiger partial charge in [0.2, 0.25) is 0 Å². The Kier molecular flexibility index (Phi) is 56.9. The summed E-state index contributed by atoms with van der Waals surface area (Å²) >= 11 is 2.45. The lowest BCUT2D eigenvalue weighted by atomic mass is 10.1. The van der Waals surface area contributed by atoms with Gasteiger partial charge in [0.1, 0.15) is 0 Å². The Bertz CT molecular complexity index is 1050. The normalized spacial score (nSPS) is 10.4. The van der Waals surface area contributed by atoms with Crippen molar-refractivity contribution < 1.29 is 29.5 Å². The van der Waals surface area contributed by atoms with Gasteiger partial charge in [-0.15, -0.1) is 24.0 Å². The maximum atomic E-state index is 8.63. The van der Waals surface area contributed by atoms with E-state index < -0.39 is 0 Å². The Morgan fingerprint density at radius 2 is 0.581 bits per heavy atom. The molecule has 0 bridgehead atoms. The zero-order chi connectivity index (χ0) is 44.2. The van der Waals surface area contributed by atoms with Crippen molar-refractivity contribution in [3.63, 3.8) is 0 Å². The molecular formula is C54H92I2O6. The number of hydrogen-bond donors (Lipinski definition) is 3. The molecular weight excluding hydrogens is 998 g/mol. The Balaban J connectivity index is 0. The van der Waals surface area contributed by atoms with E-state index in [-0.39, 0.29) is 24.0 Å². The average molecular weight is 1090 g/mol. The van der Waals surface area contributed by atoms with Gasteiger partial charge in [-0.05, 0) is 66.1 Å². The number of aliphatic hydroxyl groups is 3. The van der Waals surface area contributed by atoms with Crippen LogP contribution in [0.3, 0.4) is 0 Å². The first kappa shape index (κ1) is 63.0. The van der Waals surface area contributed by atoms with Gasteiger partial charge in [0.05, 0.1) is 19.8 Å². The summed E-state index contributed by atoms with van der Waals surface area (Å²) in [4.78, 5) is 0. The summed E-state index contributed by atoms with van der Waals surface area (Å²) in [7, 11) is 0. The Morgan fingerprint density at radius 3 is 0.839 bits per heavy atom. The van der Waals surface area contributed by atoms with Crippen LogP contribution in [0, 0.1) is 0 Å². The van der Waals surface area contributed by atoms with E-state index in [1.165, 1.54) is 137 Å². The van der Waals surface area contributed by atoms with Crippen LogP contribution in [-0.2, 0) is 34.0 Å².